The zero-order chi connectivity index (χ0) is 11.7. The molecule has 0 spiro atoms. The molecule has 84 valence electrons. The number of nitro groups is 1. The zero-order valence-electron chi connectivity index (χ0n) is 8.89. The summed E-state index contributed by atoms with van der Waals surface area (Å²) in [6, 6.07) is 2.86. The highest BCUT2D eigenvalue weighted by Crippen LogP contribution is 2.25. The Morgan fingerprint density at radius 3 is 2.94 bits per heavy atom. The number of ether oxygens (including phenoxy) is 1. The van der Waals surface area contributed by atoms with Crippen molar-refractivity contribution >= 4 is 16.8 Å². The van der Waals surface area contributed by atoms with Crippen molar-refractivity contribution in [2.24, 2.45) is 0 Å². The minimum Gasteiger partial charge on any atom is -0.438 e. The average molecular weight is 222 g/mol. The fourth-order valence-electron chi connectivity index (χ4n) is 1.52. The molecule has 0 saturated carbocycles. The van der Waals surface area contributed by atoms with Gasteiger partial charge in [-0.2, -0.15) is 0 Å². The number of aromatic nitrogens is 1. The third kappa shape index (κ3) is 1.74. The second-order valence-electron chi connectivity index (χ2n) is 3.41. The SMILES string of the molecule is COCc1nc2cc([N+](=O)[O-])cc(C)c2o1. The summed E-state index contributed by atoms with van der Waals surface area (Å²) in [6.45, 7) is 2.00. The summed E-state index contributed by atoms with van der Waals surface area (Å²) >= 11 is 0. The van der Waals surface area contributed by atoms with Gasteiger partial charge in [0.15, 0.2) is 5.58 Å². The monoisotopic (exact) mass is 222 g/mol. The second-order valence-corrected chi connectivity index (χ2v) is 3.41. The van der Waals surface area contributed by atoms with Gasteiger partial charge in [0, 0.05) is 24.8 Å². The fraction of sp³-hybridized carbons (Fsp3) is 0.300. The molecule has 0 saturated heterocycles. The van der Waals surface area contributed by atoms with Crippen LogP contribution in [-0.2, 0) is 11.3 Å². The molecule has 0 fully saturated rings. The molecule has 0 aliphatic rings. The first-order valence-electron chi connectivity index (χ1n) is 4.65. The van der Waals surface area contributed by atoms with Crippen LogP contribution in [0.25, 0.3) is 11.1 Å². The van der Waals surface area contributed by atoms with Gasteiger partial charge in [0.1, 0.15) is 12.1 Å². The Bertz CT molecular complexity index is 547. The van der Waals surface area contributed by atoms with Gasteiger partial charge in [0.2, 0.25) is 5.89 Å². The fourth-order valence-corrected chi connectivity index (χ4v) is 1.52. The number of oxazole rings is 1. The molecule has 1 aromatic carbocycles. The maximum atomic E-state index is 10.7. The van der Waals surface area contributed by atoms with Crippen molar-refractivity contribution in [2.45, 2.75) is 13.5 Å². The normalized spacial score (nSPS) is 10.9. The van der Waals surface area contributed by atoms with E-state index in [9.17, 15) is 10.1 Å². The molecule has 0 amide bonds. The van der Waals surface area contributed by atoms with Crippen LogP contribution in [-0.4, -0.2) is 17.0 Å². The van der Waals surface area contributed by atoms with Gasteiger partial charge in [-0.25, -0.2) is 4.98 Å². The Hall–Kier alpha value is -1.95. The smallest absolute Gasteiger partial charge is 0.272 e. The number of nitrogens with zero attached hydrogens (tertiary/aromatic N) is 2. The zero-order valence-corrected chi connectivity index (χ0v) is 8.89. The third-order valence-corrected chi connectivity index (χ3v) is 2.18. The Labute approximate surface area is 91.0 Å². The van der Waals surface area contributed by atoms with Crippen molar-refractivity contribution in [3.63, 3.8) is 0 Å². The highest BCUT2D eigenvalue weighted by Gasteiger charge is 2.14. The molecule has 0 radical (unpaired) electrons. The van der Waals surface area contributed by atoms with Crippen LogP contribution in [0.4, 0.5) is 5.69 Å². The number of non-ortho nitro benzene ring substituents is 1. The summed E-state index contributed by atoms with van der Waals surface area (Å²) in [5.41, 5.74) is 1.76. The van der Waals surface area contributed by atoms with Gasteiger partial charge >= 0.3 is 0 Å². The van der Waals surface area contributed by atoms with E-state index in [2.05, 4.69) is 4.98 Å². The highest BCUT2D eigenvalue weighted by atomic mass is 16.6. The molecule has 0 N–H and O–H groups in total. The predicted octanol–water partition coefficient (Wildman–Crippen LogP) is 2.19. The molecule has 2 aromatic rings. The number of hydrogen-bond donors (Lipinski definition) is 0. The number of fused-ring (bicyclic) bond motifs is 1. The number of aryl methyl sites for hydroxylation is 1. The topological polar surface area (TPSA) is 78.4 Å². The lowest BCUT2D eigenvalue weighted by Crippen LogP contribution is -1.88. The molecule has 6 heteroatoms. The van der Waals surface area contributed by atoms with Crippen LogP contribution < -0.4 is 0 Å². The molecule has 16 heavy (non-hydrogen) atoms. The van der Waals surface area contributed by atoms with Crippen LogP contribution in [0.5, 0.6) is 0 Å². The van der Waals surface area contributed by atoms with Gasteiger partial charge in [-0.05, 0) is 6.92 Å². The van der Waals surface area contributed by atoms with Crippen molar-refractivity contribution in [3.05, 3.63) is 33.7 Å². The first-order chi connectivity index (χ1) is 7.61. The van der Waals surface area contributed by atoms with E-state index >= 15 is 0 Å². The van der Waals surface area contributed by atoms with Crippen LogP contribution in [0.1, 0.15) is 11.5 Å². The molecule has 0 aliphatic heterocycles. The first-order valence-corrected chi connectivity index (χ1v) is 4.65. The van der Waals surface area contributed by atoms with Crippen molar-refractivity contribution in [3.8, 4) is 0 Å². The molecular weight excluding hydrogens is 212 g/mol. The highest BCUT2D eigenvalue weighted by molar-refractivity contribution is 5.79. The predicted molar refractivity (Wildman–Crippen MR) is 56.1 cm³/mol. The maximum Gasteiger partial charge on any atom is 0.272 e. The summed E-state index contributed by atoms with van der Waals surface area (Å²) in [5.74, 6) is 0.418. The Morgan fingerprint density at radius 2 is 2.31 bits per heavy atom. The minimum absolute atomic E-state index is 0.0160. The third-order valence-electron chi connectivity index (χ3n) is 2.18. The summed E-state index contributed by atoms with van der Waals surface area (Å²) in [5, 5.41) is 10.7. The van der Waals surface area contributed by atoms with E-state index in [4.69, 9.17) is 9.15 Å². The van der Waals surface area contributed by atoms with Gasteiger partial charge in [-0.1, -0.05) is 0 Å². The van der Waals surface area contributed by atoms with Crippen molar-refractivity contribution in [1.82, 2.24) is 4.98 Å². The van der Waals surface area contributed by atoms with Crippen LogP contribution in [0.3, 0.4) is 0 Å². The van der Waals surface area contributed by atoms with E-state index in [-0.39, 0.29) is 12.3 Å². The summed E-state index contributed by atoms with van der Waals surface area (Å²) in [6.07, 6.45) is 0. The molecular formula is C10H10N2O4. The largest absolute Gasteiger partial charge is 0.438 e. The molecule has 1 aromatic heterocycles. The molecule has 0 aliphatic carbocycles. The quantitative estimate of drug-likeness (QED) is 0.587. The Balaban J connectivity index is 2.58. The lowest BCUT2D eigenvalue weighted by atomic mass is 10.2. The first kappa shape index (κ1) is 10.6. The molecule has 0 unspecified atom stereocenters. The van der Waals surface area contributed by atoms with Gasteiger partial charge in [0.25, 0.3) is 5.69 Å². The summed E-state index contributed by atoms with van der Waals surface area (Å²) < 4.78 is 10.3. The van der Waals surface area contributed by atoms with E-state index in [0.29, 0.717) is 22.6 Å². The minimum atomic E-state index is -0.447. The second kappa shape index (κ2) is 3.90. The van der Waals surface area contributed by atoms with Gasteiger partial charge in [-0.15, -0.1) is 0 Å². The standard InChI is InChI=1S/C10H10N2O4/c1-6-3-7(12(13)14)4-8-10(6)16-9(11-8)5-15-2/h3-4H,5H2,1-2H3. The number of nitro benzene ring substituents is 1. The van der Waals surface area contributed by atoms with E-state index < -0.39 is 4.92 Å². The van der Waals surface area contributed by atoms with Crippen LogP contribution in [0.15, 0.2) is 16.5 Å². The summed E-state index contributed by atoms with van der Waals surface area (Å²) in [4.78, 5) is 14.3. The Morgan fingerprint density at radius 1 is 1.56 bits per heavy atom. The number of methoxy groups -OCH3 is 1. The van der Waals surface area contributed by atoms with Crippen molar-refractivity contribution in [2.75, 3.05) is 7.11 Å². The van der Waals surface area contributed by atoms with E-state index in [1.807, 2.05) is 0 Å². The van der Waals surface area contributed by atoms with E-state index in [1.165, 1.54) is 19.2 Å². The molecule has 6 nitrogen and oxygen atoms in total. The van der Waals surface area contributed by atoms with Gasteiger partial charge in [-0.3, -0.25) is 10.1 Å². The van der Waals surface area contributed by atoms with Gasteiger partial charge in [0.05, 0.1) is 4.92 Å². The lowest BCUT2D eigenvalue weighted by molar-refractivity contribution is -0.384. The van der Waals surface area contributed by atoms with Crippen LogP contribution >= 0.6 is 0 Å². The molecule has 0 bridgehead atoms. The van der Waals surface area contributed by atoms with E-state index in [1.54, 1.807) is 6.92 Å². The number of hydrogen-bond acceptors (Lipinski definition) is 5. The molecule has 0 atom stereocenters. The number of benzene rings is 1. The van der Waals surface area contributed by atoms with Crippen molar-refractivity contribution in [1.29, 1.82) is 0 Å². The van der Waals surface area contributed by atoms with Crippen LogP contribution in [0.2, 0.25) is 0 Å². The van der Waals surface area contributed by atoms with Gasteiger partial charge < -0.3 is 9.15 Å². The average Bonchev–Trinajstić information content (AvgIpc) is 2.61. The van der Waals surface area contributed by atoms with E-state index in [0.717, 1.165) is 0 Å². The summed E-state index contributed by atoms with van der Waals surface area (Å²) in [7, 11) is 1.53. The molecule has 1 heterocycles. The Kier molecular flexibility index (Phi) is 2.57. The maximum absolute atomic E-state index is 10.7. The number of rotatable bonds is 3. The molecule has 2 rings (SSSR count). The van der Waals surface area contributed by atoms with Crippen molar-refractivity contribution < 1.29 is 14.1 Å². The van der Waals surface area contributed by atoms with Crippen LogP contribution in [0, 0.1) is 17.0 Å². The lowest BCUT2D eigenvalue weighted by Gasteiger charge is -1.94.